The predicted octanol–water partition coefficient (Wildman–Crippen LogP) is 5.68. The molecule has 0 saturated carbocycles. The molecule has 5 heteroatoms. The minimum atomic E-state index is -0.471. The smallest absolute Gasteiger partial charge is 0.363 e. The number of nitrogens with zero attached hydrogens (tertiary/aromatic N) is 1. The molecule has 0 spiro atoms. The zero-order valence-corrected chi connectivity index (χ0v) is 17.3. The highest BCUT2D eigenvalue weighted by Gasteiger charge is 2.24. The minimum absolute atomic E-state index is 0.248. The zero-order chi connectivity index (χ0) is 20.2. The quantitative estimate of drug-likeness (QED) is 0.373. The molecule has 0 N–H and O–H groups in total. The van der Waals surface area contributed by atoms with Crippen molar-refractivity contribution < 1.29 is 14.3 Å². The van der Waals surface area contributed by atoms with Crippen molar-refractivity contribution in [2.75, 3.05) is 0 Å². The maximum Gasteiger partial charge on any atom is 0.363 e. The summed E-state index contributed by atoms with van der Waals surface area (Å²) < 4.78 is 12.3. The van der Waals surface area contributed by atoms with Gasteiger partial charge in [0.25, 0.3) is 0 Å². The molecule has 144 valence electrons. The average molecular weight is 448 g/mol. The van der Waals surface area contributed by atoms with Crippen molar-refractivity contribution in [1.29, 1.82) is 0 Å². The van der Waals surface area contributed by atoms with Crippen LogP contribution in [-0.2, 0) is 16.1 Å². The summed E-state index contributed by atoms with van der Waals surface area (Å²) in [6, 6.07) is 23.1. The number of aryl methyl sites for hydroxylation is 1. The number of ether oxygens (including phenoxy) is 2. The van der Waals surface area contributed by atoms with Crippen molar-refractivity contribution in [3.63, 3.8) is 0 Å². The lowest BCUT2D eigenvalue weighted by Crippen LogP contribution is -2.05. The van der Waals surface area contributed by atoms with Gasteiger partial charge in [-0.2, -0.15) is 0 Å². The standard InChI is InChI=1S/C24H18BrNO3/c1-16-10-12-17(13-11-16)23-26-21(24(27)29-23)14-18-6-3-5-9-22(18)28-15-19-7-2-4-8-20(19)25/h2-14H,15H2,1H3/b21-14-. The molecule has 0 unspecified atom stereocenters. The van der Waals surface area contributed by atoms with Crippen LogP contribution in [0.4, 0.5) is 0 Å². The number of rotatable bonds is 5. The van der Waals surface area contributed by atoms with E-state index in [2.05, 4.69) is 20.9 Å². The molecule has 0 amide bonds. The van der Waals surface area contributed by atoms with Crippen LogP contribution in [0.2, 0.25) is 0 Å². The molecule has 1 heterocycles. The Hall–Kier alpha value is -3.18. The van der Waals surface area contributed by atoms with E-state index in [4.69, 9.17) is 9.47 Å². The Bertz CT molecular complexity index is 1120. The Morgan fingerprint density at radius 1 is 1.00 bits per heavy atom. The maximum atomic E-state index is 12.3. The van der Waals surface area contributed by atoms with Crippen LogP contribution in [0, 0.1) is 6.92 Å². The molecule has 0 bridgehead atoms. The summed E-state index contributed by atoms with van der Waals surface area (Å²) >= 11 is 3.53. The van der Waals surface area contributed by atoms with E-state index in [1.165, 1.54) is 0 Å². The first kappa shape index (κ1) is 19.2. The summed E-state index contributed by atoms with van der Waals surface area (Å²) in [5.74, 6) is 0.511. The van der Waals surface area contributed by atoms with Gasteiger partial charge in [-0.1, -0.05) is 70.0 Å². The largest absolute Gasteiger partial charge is 0.488 e. The number of benzene rings is 3. The van der Waals surface area contributed by atoms with Crippen molar-refractivity contribution in [2.45, 2.75) is 13.5 Å². The van der Waals surface area contributed by atoms with Crippen molar-refractivity contribution in [2.24, 2.45) is 4.99 Å². The second-order valence-electron chi connectivity index (χ2n) is 6.62. The number of hydrogen-bond donors (Lipinski definition) is 0. The number of halogens is 1. The third-order valence-electron chi connectivity index (χ3n) is 4.47. The summed E-state index contributed by atoms with van der Waals surface area (Å²) in [5.41, 5.74) is 3.95. The van der Waals surface area contributed by atoms with E-state index in [1.807, 2.05) is 79.7 Å². The van der Waals surface area contributed by atoms with E-state index in [1.54, 1.807) is 6.08 Å². The van der Waals surface area contributed by atoms with Gasteiger partial charge in [-0.05, 0) is 37.3 Å². The van der Waals surface area contributed by atoms with Gasteiger partial charge >= 0.3 is 5.97 Å². The van der Waals surface area contributed by atoms with Gasteiger partial charge in [0.1, 0.15) is 12.4 Å². The van der Waals surface area contributed by atoms with Crippen molar-refractivity contribution in [3.05, 3.63) is 105 Å². The van der Waals surface area contributed by atoms with Gasteiger partial charge < -0.3 is 9.47 Å². The number of cyclic esters (lactones) is 1. The molecule has 4 rings (SSSR count). The summed E-state index contributed by atoms with van der Waals surface area (Å²) in [5, 5.41) is 0. The number of aliphatic imine (C=N–C) groups is 1. The second-order valence-corrected chi connectivity index (χ2v) is 7.47. The normalized spacial score (nSPS) is 14.6. The molecule has 0 aromatic heterocycles. The van der Waals surface area contributed by atoms with Crippen LogP contribution < -0.4 is 4.74 Å². The third-order valence-corrected chi connectivity index (χ3v) is 5.24. The van der Waals surface area contributed by atoms with Gasteiger partial charge in [0.2, 0.25) is 5.90 Å². The zero-order valence-electron chi connectivity index (χ0n) is 15.8. The first-order valence-electron chi connectivity index (χ1n) is 9.15. The molecule has 0 fully saturated rings. The van der Waals surface area contributed by atoms with E-state index in [9.17, 15) is 4.79 Å². The molecule has 3 aromatic carbocycles. The highest BCUT2D eigenvalue weighted by molar-refractivity contribution is 9.10. The Kier molecular flexibility index (Phi) is 5.58. The fourth-order valence-corrected chi connectivity index (χ4v) is 3.28. The lowest BCUT2D eigenvalue weighted by Gasteiger charge is -2.10. The lowest BCUT2D eigenvalue weighted by atomic mass is 10.1. The van der Waals surface area contributed by atoms with Crippen molar-refractivity contribution in [3.8, 4) is 5.75 Å². The van der Waals surface area contributed by atoms with Gasteiger partial charge in [-0.3, -0.25) is 0 Å². The van der Waals surface area contributed by atoms with Crippen molar-refractivity contribution >= 4 is 33.9 Å². The number of carbonyl (C=O) groups excluding carboxylic acids is 1. The summed E-state index contributed by atoms with van der Waals surface area (Å²) in [7, 11) is 0. The molecule has 4 nitrogen and oxygen atoms in total. The monoisotopic (exact) mass is 447 g/mol. The molecular formula is C24H18BrNO3. The molecular weight excluding hydrogens is 430 g/mol. The molecule has 0 radical (unpaired) electrons. The first-order valence-corrected chi connectivity index (χ1v) is 9.94. The highest BCUT2D eigenvalue weighted by atomic mass is 79.9. The van der Waals surface area contributed by atoms with Crippen LogP contribution in [-0.4, -0.2) is 11.9 Å². The second kappa shape index (κ2) is 8.45. The number of hydrogen-bond acceptors (Lipinski definition) is 4. The number of para-hydroxylation sites is 1. The Morgan fingerprint density at radius 2 is 1.72 bits per heavy atom. The molecule has 0 atom stereocenters. The van der Waals surface area contributed by atoms with E-state index in [0.717, 1.165) is 26.7 Å². The molecule has 0 saturated heterocycles. The van der Waals surface area contributed by atoms with Crippen LogP contribution in [0.15, 0.2) is 88.0 Å². The van der Waals surface area contributed by atoms with E-state index in [-0.39, 0.29) is 5.70 Å². The molecule has 0 aliphatic carbocycles. The third kappa shape index (κ3) is 4.46. The van der Waals surface area contributed by atoms with E-state index < -0.39 is 5.97 Å². The number of esters is 1. The molecule has 3 aromatic rings. The van der Waals surface area contributed by atoms with E-state index >= 15 is 0 Å². The van der Waals surface area contributed by atoms with Gasteiger partial charge in [0.05, 0.1) is 0 Å². The summed E-state index contributed by atoms with van der Waals surface area (Å²) in [6.07, 6.45) is 1.69. The Balaban J connectivity index is 1.58. The van der Waals surface area contributed by atoms with Crippen LogP contribution in [0.1, 0.15) is 22.3 Å². The summed E-state index contributed by atoms with van der Waals surface area (Å²) in [6.45, 7) is 2.41. The van der Waals surface area contributed by atoms with Crippen LogP contribution >= 0.6 is 15.9 Å². The summed E-state index contributed by atoms with van der Waals surface area (Å²) in [4.78, 5) is 16.7. The van der Waals surface area contributed by atoms with Crippen LogP contribution in [0.25, 0.3) is 6.08 Å². The molecule has 1 aliphatic heterocycles. The van der Waals surface area contributed by atoms with Crippen LogP contribution in [0.3, 0.4) is 0 Å². The van der Waals surface area contributed by atoms with Gasteiger partial charge in [-0.15, -0.1) is 0 Å². The fourth-order valence-electron chi connectivity index (χ4n) is 2.88. The van der Waals surface area contributed by atoms with E-state index in [0.29, 0.717) is 18.3 Å². The Morgan fingerprint density at radius 3 is 2.52 bits per heavy atom. The van der Waals surface area contributed by atoms with Crippen LogP contribution in [0.5, 0.6) is 5.75 Å². The lowest BCUT2D eigenvalue weighted by molar-refractivity contribution is -0.129. The number of carbonyl (C=O) groups is 1. The minimum Gasteiger partial charge on any atom is -0.488 e. The fraction of sp³-hybridized carbons (Fsp3) is 0.0833. The van der Waals surface area contributed by atoms with Gasteiger partial charge in [0, 0.05) is 21.2 Å². The molecule has 29 heavy (non-hydrogen) atoms. The first-order chi connectivity index (χ1) is 14.1. The maximum absolute atomic E-state index is 12.3. The van der Waals surface area contributed by atoms with Crippen molar-refractivity contribution in [1.82, 2.24) is 0 Å². The predicted molar refractivity (Wildman–Crippen MR) is 117 cm³/mol. The topological polar surface area (TPSA) is 47.9 Å². The van der Waals surface area contributed by atoms with Gasteiger partial charge in [0.15, 0.2) is 5.70 Å². The SMILES string of the molecule is Cc1ccc(C2=N/C(=C\c3ccccc3OCc3ccccc3Br)C(=O)O2)cc1. The average Bonchev–Trinajstić information content (AvgIpc) is 3.09. The highest BCUT2D eigenvalue weighted by Crippen LogP contribution is 2.26. The van der Waals surface area contributed by atoms with Gasteiger partial charge in [-0.25, -0.2) is 9.79 Å². The molecule has 1 aliphatic rings. The Labute approximate surface area is 177 Å².